The first-order valence-electron chi connectivity index (χ1n) is 11.9. The van der Waals surface area contributed by atoms with Gasteiger partial charge in [0.2, 0.25) is 0 Å². The SMILES string of the molecule is COC1=CC(C2C=C3SC4C=c5ccccc5=CC4C3=CC2)N=C(C2CCCCC2O)N1. The average Bonchev–Trinajstić information content (AvgIpc) is 3.19. The molecule has 6 rings (SSSR count). The number of amidine groups is 1. The zero-order chi connectivity index (χ0) is 21.7. The van der Waals surface area contributed by atoms with Crippen molar-refractivity contribution in [3.05, 3.63) is 69.3 Å². The molecule has 0 aromatic heterocycles. The highest BCUT2D eigenvalue weighted by molar-refractivity contribution is 8.04. The number of allylic oxidation sites excluding steroid dienone is 2. The number of aliphatic hydroxyl groups is 1. The summed E-state index contributed by atoms with van der Waals surface area (Å²) >= 11 is 2.00. The molecule has 0 amide bonds. The van der Waals surface area contributed by atoms with Crippen LogP contribution in [0.5, 0.6) is 0 Å². The van der Waals surface area contributed by atoms with E-state index in [9.17, 15) is 5.11 Å². The number of fused-ring (bicyclic) bond motifs is 4. The van der Waals surface area contributed by atoms with Crippen molar-refractivity contribution < 1.29 is 9.84 Å². The summed E-state index contributed by atoms with van der Waals surface area (Å²) in [5, 5.41) is 17.1. The van der Waals surface area contributed by atoms with Crippen LogP contribution in [0.3, 0.4) is 0 Å². The average molecular weight is 447 g/mol. The summed E-state index contributed by atoms with van der Waals surface area (Å²) in [4.78, 5) is 6.52. The van der Waals surface area contributed by atoms with Gasteiger partial charge in [-0.15, -0.1) is 11.8 Å². The molecule has 1 saturated heterocycles. The zero-order valence-corrected chi connectivity index (χ0v) is 19.2. The van der Waals surface area contributed by atoms with Crippen molar-refractivity contribution in [1.29, 1.82) is 0 Å². The number of aliphatic imine (C=N–C) groups is 1. The van der Waals surface area contributed by atoms with Crippen molar-refractivity contribution in [2.75, 3.05) is 7.11 Å². The third-order valence-electron chi connectivity index (χ3n) is 7.54. The van der Waals surface area contributed by atoms with Crippen LogP contribution >= 0.6 is 11.8 Å². The number of rotatable bonds is 3. The van der Waals surface area contributed by atoms with E-state index in [0.717, 1.165) is 43.8 Å². The topological polar surface area (TPSA) is 53.9 Å². The monoisotopic (exact) mass is 446 g/mol. The van der Waals surface area contributed by atoms with Gasteiger partial charge in [-0.2, -0.15) is 0 Å². The summed E-state index contributed by atoms with van der Waals surface area (Å²) < 4.78 is 5.60. The molecule has 0 radical (unpaired) electrons. The third-order valence-corrected chi connectivity index (χ3v) is 8.86. The molecular formula is C27H30N2O2S. The molecule has 1 aromatic rings. The van der Waals surface area contributed by atoms with Gasteiger partial charge in [-0.3, -0.25) is 4.99 Å². The van der Waals surface area contributed by atoms with Crippen LogP contribution in [0.4, 0.5) is 0 Å². The Morgan fingerprint density at radius 2 is 1.88 bits per heavy atom. The lowest BCUT2D eigenvalue weighted by atomic mass is 9.82. The molecule has 5 heteroatoms. The first-order chi connectivity index (χ1) is 15.7. The van der Waals surface area contributed by atoms with Gasteiger partial charge < -0.3 is 15.2 Å². The molecule has 5 aliphatic rings. The first-order valence-corrected chi connectivity index (χ1v) is 12.7. The fraction of sp³-hybridized carbons (Fsp3) is 0.444. The lowest BCUT2D eigenvalue weighted by Gasteiger charge is -2.33. The lowest BCUT2D eigenvalue weighted by molar-refractivity contribution is 0.0986. The van der Waals surface area contributed by atoms with Crippen molar-refractivity contribution in [2.24, 2.45) is 22.7 Å². The van der Waals surface area contributed by atoms with Crippen LogP contribution in [0, 0.1) is 17.8 Å². The van der Waals surface area contributed by atoms with Gasteiger partial charge >= 0.3 is 0 Å². The second-order valence-electron chi connectivity index (χ2n) is 9.48. The highest BCUT2D eigenvalue weighted by Gasteiger charge is 2.38. The normalized spacial score (nSPS) is 35.3. The minimum absolute atomic E-state index is 0.0361. The Hall–Kier alpha value is -2.24. The van der Waals surface area contributed by atoms with E-state index in [1.165, 1.54) is 20.9 Å². The molecule has 2 fully saturated rings. The van der Waals surface area contributed by atoms with Gasteiger partial charge in [0.1, 0.15) is 5.84 Å². The summed E-state index contributed by atoms with van der Waals surface area (Å²) in [6, 6.07) is 8.74. The Labute approximate surface area is 193 Å². The minimum Gasteiger partial charge on any atom is -0.482 e. The molecule has 6 atom stereocenters. The number of nitrogens with zero attached hydrogens (tertiary/aromatic N) is 1. The van der Waals surface area contributed by atoms with Crippen LogP contribution in [0.2, 0.25) is 0 Å². The molecule has 166 valence electrons. The number of thioether (sulfide) groups is 1. The summed E-state index contributed by atoms with van der Waals surface area (Å²) in [5.41, 5.74) is 1.48. The second kappa shape index (κ2) is 8.27. The zero-order valence-electron chi connectivity index (χ0n) is 18.4. The summed E-state index contributed by atoms with van der Waals surface area (Å²) in [5.74, 6) is 2.53. The van der Waals surface area contributed by atoms with E-state index in [4.69, 9.17) is 9.73 Å². The molecule has 3 aliphatic carbocycles. The summed E-state index contributed by atoms with van der Waals surface area (Å²) in [6.45, 7) is 0. The number of ether oxygens (including phenoxy) is 1. The van der Waals surface area contributed by atoms with Gasteiger partial charge in [-0.25, -0.2) is 0 Å². The Kier molecular flexibility index (Phi) is 5.27. The first kappa shape index (κ1) is 20.4. The van der Waals surface area contributed by atoms with E-state index in [1.54, 1.807) is 7.11 Å². The van der Waals surface area contributed by atoms with Crippen molar-refractivity contribution >= 4 is 29.7 Å². The van der Waals surface area contributed by atoms with Gasteiger partial charge in [0, 0.05) is 34.0 Å². The maximum Gasteiger partial charge on any atom is 0.189 e. The molecule has 32 heavy (non-hydrogen) atoms. The highest BCUT2D eigenvalue weighted by atomic mass is 32.2. The Morgan fingerprint density at radius 1 is 1.06 bits per heavy atom. The van der Waals surface area contributed by atoms with Crippen LogP contribution < -0.4 is 15.8 Å². The molecule has 2 aliphatic heterocycles. The van der Waals surface area contributed by atoms with Crippen molar-refractivity contribution in [3.8, 4) is 0 Å². The van der Waals surface area contributed by atoms with Crippen LogP contribution in [0.1, 0.15) is 32.1 Å². The van der Waals surface area contributed by atoms with Gasteiger partial charge in [0.05, 0.1) is 19.3 Å². The van der Waals surface area contributed by atoms with E-state index in [0.29, 0.717) is 17.1 Å². The fourth-order valence-electron chi connectivity index (χ4n) is 5.78. The van der Waals surface area contributed by atoms with E-state index >= 15 is 0 Å². The van der Waals surface area contributed by atoms with Crippen LogP contribution in [-0.4, -0.2) is 35.4 Å². The number of hydrogen-bond donors (Lipinski definition) is 2. The van der Waals surface area contributed by atoms with E-state index < -0.39 is 0 Å². The highest BCUT2D eigenvalue weighted by Crippen LogP contribution is 2.51. The second-order valence-corrected chi connectivity index (χ2v) is 10.7. The van der Waals surface area contributed by atoms with Crippen LogP contribution in [0.15, 0.2) is 63.8 Å². The smallest absolute Gasteiger partial charge is 0.189 e. The molecule has 0 bridgehead atoms. The number of benzene rings is 1. The van der Waals surface area contributed by atoms with E-state index in [2.05, 4.69) is 60.0 Å². The molecule has 6 unspecified atom stereocenters. The Morgan fingerprint density at radius 3 is 2.69 bits per heavy atom. The molecule has 2 N–H and O–H groups in total. The number of aliphatic hydroxyl groups excluding tert-OH is 1. The predicted octanol–water partition coefficient (Wildman–Crippen LogP) is 3.23. The lowest BCUT2D eigenvalue weighted by Crippen LogP contribution is -2.43. The Bertz CT molecular complexity index is 1160. The molecule has 2 heterocycles. The van der Waals surface area contributed by atoms with Crippen molar-refractivity contribution in [3.63, 3.8) is 0 Å². The quantitative estimate of drug-likeness (QED) is 0.749. The van der Waals surface area contributed by atoms with Gasteiger partial charge in [0.25, 0.3) is 0 Å². The third kappa shape index (κ3) is 3.56. The van der Waals surface area contributed by atoms with Crippen LogP contribution in [0.25, 0.3) is 12.2 Å². The maximum atomic E-state index is 10.6. The standard InChI is InChI=1S/C27H30N2O2S/c1-31-26-15-22(28-27(29-26)20-8-4-5-9-23(20)30)18-10-11-19-21-12-16-6-2-3-7-17(16)13-25(21)32-24(19)14-18/h2-3,6-7,11-15,18,20-23,25,30H,4-5,8-10H2,1H3,(H,28,29). The molecule has 1 saturated carbocycles. The Balaban J connectivity index is 1.28. The molecule has 1 aromatic carbocycles. The summed E-state index contributed by atoms with van der Waals surface area (Å²) in [7, 11) is 1.70. The minimum atomic E-state index is -0.315. The summed E-state index contributed by atoms with van der Waals surface area (Å²) in [6.07, 6.45) is 16.7. The number of nitrogens with one attached hydrogen (secondary N) is 1. The van der Waals surface area contributed by atoms with Crippen LogP contribution in [-0.2, 0) is 4.74 Å². The largest absolute Gasteiger partial charge is 0.482 e. The number of hydrogen-bond acceptors (Lipinski definition) is 5. The van der Waals surface area contributed by atoms with Gasteiger partial charge in [-0.1, -0.05) is 61.4 Å². The molecular weight excluding hydrogens is 416 g/mol. The molecule has 4 nitrogen and oxygen atoms in total. The van der Waals surface area contributed by atoms with E-state index in [-0.39, 0.29) is 18.1 Å². The van der Waals surface area contributed by atoms with Gasteiger partial charge in [-0.05, 0) is 35.3 Å². The molecule has 0 spiro atoms. The maximum absolute atomic E-state index is 10.6. The fourth-order valence-corrected chi connectivity index (χ4v) is 7.27. The van der Waals surface area contributed by atoms with E-state index in [1.807, 2.05) is 11.8 Å². The van der Waals surface area contributed by atoms with Crippen molar-refractivity contribution in [1.82, 2.24) is 5.32 Å². The van der Waals surface area contributed by atoms with Crippen molar-refractivity contribution in [2.45, 2.75) is 49.5 Å². The number of methoxy groups -OCH3 is 1. The van der Waals surface area contributed by atoms with Gasteiger partial charge in [0.15, 0.2) is 5.88 Å². The predicted molar refractivity (Wildman–Crippen MR) is 131 cm³/mol.